The predicted molar refractivity (Wildman–Crippen MR) is 117 cm³/mol. The fraction of sp³-hybridized carbons (Fsp3) is 0.261. The second-order valence-corrected chi connectivity index (χ2v) is 6.95. The maximum Gasteiger partial charge on any atom is 0.336 e. The predicted octanol–water partition coefficient (Wildman–Crippen LogP) is 5.36. The average molecular weight is 426 g/mol. The van der Waals surface area contributed by atoms with Crippen LogP contribution in [-0.2, 0) is 6.61 Å². The van der Waals surface area contributed by atoms with Crippen LogP contribution in [0.5, 0.6) is 17.2 Å². The quantitative estimate of drug-likeness (QED) is 0.202. The molecule has 1 heterocycles. The minimum Gasteiger partial charge on any atom is -0.493 e. The van der Waals surface area contributed by atoms with Crippen LogP contribution in [0.15, 0.2) is 51.7 Å². The summed E-state index contributed by atoms with van der Waals surface area (Å²) >= 11 is 0.273. The fourth-order valence-corrected chi connectivity index (χ4v) is 3.14. The van der Waals surface area contributed by atoms with Crippen LogP contribution in [0, 0.1) is 19.3 Å². The van der Waals surface area contributed by atoms with Gasteiger partial charge in [0, 0.05) is 35.6 Å². The maximum atomic E-state index is 11.6. The summed E-state index contributed by atoms with van der Waals surface area (Å²) in [7, 11) is 0. The SMILES string of the molecule is C#CCCCCOc1cc(OSO)ccc1COc1ccc2c(C)cc(=O)oc2c1. The Labute approximate surface area is 179 Å². The van der Waals surface area contributed by atoms with Crippen LogP contribution in [0.1, 0.15) is 30.4 Å². The van der Waals surface area contributed by atoms with Gasteiger partial charge in [-0.3, -0.25) is 4.55 Å². The molecule has 0 amide bonds. The number of unbranched alkanes of at least 4 members (excludes halogenated alkanes) is 2. The van der Waals surface area contributed by atoms with E-state index in [-0.39, 0.29) is 18.9 Å². The Hall–Kier alpha value is -3.08. The Balaban J connectivity index is 1.74. The van der Waals surface area contributed by atoms with E-state index in [4.69, 9.17) is 29.1 Å². The highest BCUT2D eigenvalue weighted by atomic mass is 32.2. The molecule has 3 rings (SSSR count). The lowest BCUT2D eigenvalue weighted by atomic mass is 10.1. The summed E-state index contributed by atoms with van der Waals surface area (Å²) < 4.78 is 31.0. The van der Waals surface area contributed by atoms with Gasteiger partial charge in [-0.2, -0.15) is 0 Å². The second kappa shape index (κ2) is 10.6. The van der Waals surface area contributed by atoms with E-state index in [9.17, 15) is 4.79 Å². The van der Waals surface area contributed by atoms with Crippen LogP contribution < -0.4 is 19.3 Å². The number of benzene rings is 2. The summed E-state index contributed by atoms with van der Waals surface area (Å²) in [5, 5.41) is 0.862. The highest BCUT2D eigenvalue weighted by molar-refractivity contribution is 7.89. The van der Waals surface area contributed by atoms with Gasteiger partial charge in [-0.1, -0.05) is 0 Å². The first-order chi connectivity index (χ1) is 14.6. The lowest BCUT2D eigenvalue weighted by Crippen LogP contribution is -2.04. The zero-order valence-electron chi connectivity index (χ0n) is 16.6. The van der Waals surface area contributed by atoms with Gasteiger partial charge in [-0.25, -0.2) is 4.79 Å². The van der Waals surface area contributed by atoms with Crippen LogP contribution in [0.2, 0.25) is 0 Å². The smallest absolute Gasteiger partial charge is 0.336 e. The van der Waals surface area contributed by atoms with Gasteiger partial charge in [-0.05, 0) is 49.6 Å². The van der Waals surface area contributed by atoms with Crippen LogP contribution in [0.25, 0.3) is 11.0 Å². The van der Waals surface area contributed by atoms with E-state index in [1.54, 1.807) is 18.2 Å². The molecule has 0 aliphatic carbocycles. The van der Waals surface area contributed by atoms with Crippen LogP contribution in [0.4, 0.5) is 0 Å². The zero-order valence-corrected chi connectivity index (χ0v) is 17.4. The van der Waals surface area contributed by atoms with E-state index in [0.717, 1.165) is 29.4 Å². The first kappa shape index (κ1) is 21.6. The van der Waals surface area contributed by atoms with Crippen molar-refractivity contribution in [2.75, 3.05) is 6.61 Å². The number of rotatable bonds is 10. The van der Waals surface area contributed by atoms with E-state index in [0.29, 0.717) is 35.9 Å². The number of ether oxygens (including phenoxy) is 2. The molecule has 0 saturated carbocycles. The Kier molecular flexibility index (Phi) is 7.66. The van der Waals surface area contributed by atoms with Crippen molar-refractivity contribution in [3.8, 4) is 29.6 Å². The van der Waals surface area contributed by atoms with Gasteiger partial charge in [0.25, 0.3) is 0 Å². The van der Waals surface area contributed by atoms with Crippen LogP contribution in [-0.4, -0.2) is 11.2 Å². The maximum absolute atomic E-state index is 11.6. The van der Waals surface area contributed by atoms with Crippen LogP contribution in [0.3, 0.4) is 0 Å². The number of fused-ring (bicyclic) bond motifs is 1. The average Bonchev–Trinajstić information content (AvgIpc) is 2.73. The zero-order chi connectivity index (χ0) is 21.3. The van der Waals surface area contributed by atoms with E-state index in [1.165, 1.54) is 6.07 Å². The van der Waals surface area contributed by atoms with Crippen molar-refractivity contribution in [3.63, 3.8) is 0 Å². The third-order valence-electron chi connectivity index (χ3n) is 4.46. The van der Waals surface area contributed by atoms with Crippen molar-refractivity contribution in [1.82, 2.24) is 0 Å². The summed E-state index contributed by atoms with van der Waals surface area (Å²) in [6.45, 7) is 2.61. The van der Waals surface area contributed by atoms with Crippen molar-refractivity contribution >= 4 is 23.3 Å². The van der Waals surface area contributed by atoms with Crippen molar-refractivity contribution in [2.24, 2.45) is 0 Å². The van der Waals surface area contributed by atoms with Crippen molar-refractivity contribution in [1.29, 1.82) is 0 Å². The van der Waals surface area contributed by atoms with Crippen molar-refractivity contribution < 1.29 is 22.6 Å². The molecule has 0 saturated heterocycles. The first-order valence-electron chi connectivity index (χ1n) is 9.45. The van der Waals surface area contributed by atoms with E-state index in [2.05, 4.69) is 5.92 Å². The first-order valence-corrected chi connectivity index (χ1v) is 10.1. The monoisotopic (exact) mass is 426 g/mol. The molecule has 0 fully saturated rings. The third kappa shape index (κ3) is 5.72. The summed E-state index contributed by atoms with van der Waals surface area (Å²) in [5.74, 6) is 4.25. The molecule has 0 aliphatic rings. The normalized spacial score (nSPS) is 10.6. The van der Waals surface area contributed by atoms with E-state index in [1.807, 2.05) is 25.1 Å². The highest BCUT2D eigenvalue weighted by Crippen LogP contribution is 2.29. The molecular formula is C23H22O6S. The Morgan fingerprint density at radius 2 is 1.93 bits per heavy atom. The van der Waals surface area contributed by atoms with Gasteiger partial charge < -0.3 is 18.1 Å². The number of hydrogen-bond donors (Lipinski definition) is 1. The third-order valence-corrected chi connectivity index (χ3v) is 4.73. The molecule has 0 radical (unpaired) electrons. The van der Waals surface area contributed by atoms with Gasteiger partial charge >= 0.3 is 5.63 Å². The highest BCUT2D eigenvalue weighted by Gasteiger charge is 2.10. The van der Waals surface area contributed by atoms with Gasteiger partial charge in [0.2, 0.25) is 12.3 Å². The topological polar surface area (TPSA) is 78.1 Å². The molecule has 30 heavy (non-hydrogen) atoms. The van der Waals surface area contributed by atoms with Gasteiger partial charge in [0.1, 0.15) is 29.4 Å². The minimum absolute atomic E-state index is 0.244. The molecule has 1 N–H and O–H groups in total. The lowest BCUT2D eigenvalue weighted by Gasteiger charge is -2.14. The van der Waals surface area contributed by atoms with E-state index < -0.39 is 5.63 Å². The summed E-state index contributed by atoms with van der Waals surface area (Å²) in [5.41, 5.74) is 1.75. The number of aryl methyl sites for hydroxylation is 1. The molecule has 2 aromatic carbocycles. The molecule has 0 bridgehead atoms. The lowest BCUT2D eigenvalue weighted by molar-refractivity contribution is 0.275. The van der Waals surface area contributed by atoms with Crippen LogP contribution >= 0.6 is 12.3 Å². The number of hydrogen-bond acceptors (Lipinski definition) is 7. The van der Waals surface area contributed by atoms with Gasteiger partial charge in [-0.15, -0.1) is 12.3 Å². The molecule has 0 unspecified atom stereocenters. The Morgan fingerprint density at radius 1 is 1.10 bits per heavy atom. The Morgan fingerprint density at radius 3 is 2.73 bits per heavy atom. The van der Waals surface area contributed by atoms with Crippen molar-refractivity contribution in [2.45, 2.75) is 32.8 Å². The summed E-state index contributed by atoms with van der Waals surface area (Å²) in [4.78, 5) is 11.6. The van der Waals surface area contributed by atoms with Gasteiger partial charge in [0.05, 0.1) is 6.61 Å². The van der Waals surface area contributed by atoms with Crippen molar-refractivity contribution in [3.05, 3.63) is 64.0 Å². The molecule has 7 heteroatoms. The summed E-state index contributed by atoms with van der Waals surface area (Å²) in [6.07, 6.45) is 7.69. The molecular weight excluding hydrogens is 404 g/mol. The largest absolute Gasteiger partial charge is 0.493 e. The molecule has 3 aromatic rings. The number of terminal acetylenes is 1. The summed E-state index contributed by atoms with van der Waals surface area (Å²) in [6, 6.07) is 12.1. The molecule has 0 spiro atoms. The molecule has 6 nitrogen and oxygen atoms in total. The van der Waals surface area contributed by atoms with E-state index >= 15 is 0 Å². The minimum atomic E-state index is -0.394. The molecule has 1 aromatic heterocycles. The molecule has 156 valence electrons. The Bertz CT molecular complexity index is 1100. The van der Waals surface area contributed by atoms with Gasteiger partial charge in [0.15, 0.2) is 0 Å². The fourth-order valence-electron chi connectivity index (χ4n) is 2.95. The molecule has 0 atom stereocenters. The molecule has 0 aliphatic heterocycles. The second-order valence-electron chi connectivity index (χ2n) is 6.63. The standard InChI is InChI=1S/C23H22O6S/c1-3-4-5-6-11-26-21-14-19(29-30-25)8-7-17(21)15-27-18-9-10-20-16(2)12-23(24)28-22(20)13-18/h1,7-10,12-14,25H,4-6,11,15H2,2H3.